The molecule has 0 aromatic carbocycles. The van der Waals surface area contributed by atoms with Crippen molar-refractivity contribution in [3.8, 4) is 0 Å². The fourth-order valence-electron chi connectivity index (χ4n) is 3.26. The lowest BCUT2D eigenvalue weighted by Gasteiger charge is -2.36. The Morgan fingerprint density at radius 2 is 2.06 bits per heavy atom. The predicted octanol–water partition coefficient (Wildman–Crippen LogP) is 2.81. The van der Waals surface area contributed by atoms with E-state index in [1.165, 1.54) is 12.8 Å². The molecule has 2 rings (SSSR count). The van der Waals surface area contributed by atoms with Crippen molar-refractivity contribution in [2.24, 2.45) is 5.92 Å². The number of hydrogen-bond acceptors (Lipinski definition) is 2. The van der Waals surface area contributed by atoms with Crippen molar-refractivity contribution in [2.75, 3.05) is 13.7 Å². The molecular formula is C14H24ClNO2. The van der Waals surface area contributed by atoms with Gasteiger partial charge in [0.2, 0.25) is 5.91 Å². The molecule has 1 saturated heterocycles. The number of carbonyl (C=O) groups is 1. The maximum absolute atomic E-state index is 12.5. The second-order valence-electron chi connectivity index (χ2n) is 5.53. The van der Waals surface area contributed by atoms with E-state index in [2.05, 4.69) is 6.92 Å². The third kappa shape index (κ3) is 2.83. The first-order chi connectivity index (χ1) is 8.65. The van der Waals surface area contributed by atoms with Crippen molar-refractivity contribution in [3.05, 3.63) is 0 Å². The number of rotatable bonds is 3. The molecule has 4 heteroatoms. The molecule has 0 spiro atoms. The highest BCUT2D eigenvalue weighted by Gasteiger charge is 2.38. The van der Waals surface area contributed by atoms with Crippen molar-refractivity contribution < 1.29 is 9.53 Å². The van der Waals surface area contributed by atoms with Gasteiger partial charge in [-0.1, -0.05) is 19.8 Å². The number of halogens is 1. The van der Waals surface area contributed by atoms with Gasteiger partial charge in [-0.3, -0.25) is 4.79 Å². The summed E-state index contributed by atoms with van der Waals surface area (Å²) in [5.41, 5.74) is 0. The minimum absolute atomic E-state index is 0.0470. The lowest BCUT2D eigenvalue weighted by Crippen LogP contribution is -2.47. The largest absolute Gasteiger partial charge is 0.377 e. The van der Waals surface area contributed by atoms with Gasteiger partial charge < -0.3 is 9.64 Å². The summed E-state index contributed by atoms with van der Waals surface area (Å²) < 4.78 is 5.62. The summed E-state index contributed by atoms with van der Waals surface area (Å²) in [4.78, 5) is 14.4. The van der Waals surface area contributed by atoms with E-state index in [0.717, 1.165) is 32.3 Å². The molecule has 0 aromatic heterocycles. The van der Waals surface area contributed by atoms with Gasteiger partial charge in [-0.2, -0.15) is 0 Å². The van der Waals surface area contributed by atoms with E-state index in [4.69, 9.17) is 16.3 Å². The molecule has 2 fully saturated rings. The number of hydrogen-bond donors (Lipinski definition) is 0. The Bertz CT molecular complexity index is 298. The molecule has 104 valence electrons. The molecule has 1 aliphatic carbocycles. The smallest absolute Gasteiger partial charge is 0.228 e. The average molecular weight is 274 g/mol. The van der Waals surface area contributed by atoms with Gasteiger partial charge in [0, 0.05) is 19.7 Å². The molecule has 2 aliphatic rings. The lowest BCUT2D eigenvalue weighted by atomic mass is 9.91. The van der Waals surface area contributed by atoms with Crippen LogP contribution in [0.15, 0.2) is 0 Å². The Hall–Kier alpha value is -0.280. The normalized spacial score (nSPS) is 36.6. The second kappa shape index (κ2) is 6.25. The van der Waals surface area contributed by atoms with Crippen LogP contribution < -0.4 is 0 Å². The SMILES string of the molecule is CCC1OCCC1C(=O)N(C)C1CCCCC1Cl. The van der Waals surface area contributed by atoms with E-state index in [9.17, 15) is 4.79 Å². The first-order valence-corrected chi connectivity index (χ1v) is 7.61. The Morgan fingerprint density at radius 3 is 2.72 bits per heavy atom. The Labute approximate surface area is 115 Å². The highest BCUT2D eigenvalue weighted by molar-refractivity contribution is 6.21. The zero-order valence-corrected chi connectivity index (χ0v) is 12.2. The molecule has 0 radical (unpaired) electrons. The Morgan fingerprint density at radius 1 is 1.33 bits per heavy atom. The molecule has 4 unspecified atom stereocenters. The summed E-state index contributed by atoms with van der Waals surface area (Å²) in [6.45, 7) is 2.80. The molecule has 0 bridgehead atoms. The zero-order valence-electron chi connectivity index (χ0n) is 11.4. The molecule has 4 atom stereocenters. The van der Waals surface area contributed by atoms with Crippen LogP contribution >= 0.6 is 11.6 Å². The molecule has 0 aromatic rings. The summed E-state index contributed by atoms with van der Waals surface area (Å²) in [6, 6.07) is 0.214. The van der Waals surface area contributed by atoms with Crippen molar-refractivity contribution in [2.45, 2.75) is 63.0 Å². The van der Waals surface area contributed by atoms with Gasteiger partial charge in [-0.15, -0.1) is 11.6 Å². The predicted molar refractivity (Wildman–Crippen MR) is 72.8 cm³/mol. The molecular weight excluding hydrogens is 250 g/mol. The average Bonchev–Trinajstić information content (AvgIpc) is 2.86. The van der Waals surface area contributed by atoms with Crippen LogP contribution in [0.25, 0.3) is 0 Å². The van der Waals surface area contributed by atoms with Crippen LogP contribution in [0, 0.1) is 5.92 Å². The van der Waals surface area contributed by atoms with Crippen LogP contribution in [-0.4, -0.2) is 42.0 Å². The monoisotopic (exact) mass is 273 g/mol. The summed E-state index contributed by atoms with van der Waals surface area (Å²) in [7, 11) is 1.92. The summed E-state index contributed by atoms with van der Waals surface area (Å²) in [6.07, 6.45) is 6.34. The Kier molecular flexibility index (Phi) is 4.91. The number of amides is 1. The molecule has 1 aliphatic heterocycles. The van der Waals surface area contributed by atoms with Crippen LogP contribution in [0.3, 0.4) is 0 Å². The molecule has 3 nitrogen and oxygen atoms in total. The quantitative estimate of drug-likeness (QED) is 0.740. The van der Waals surface area contributed by atoms with Crippen molar-refractivity contribution in [1.82, 2.24) is 4.90 Å². The van der Waals surface area contributed by atoms with Gasteiger partial charge in [-0.25, -0.2) is 0 Å². The van der Waals surface area contributed by atoms with Crippen LogP contribution in [0.1, 0.15) is 45.4 Å². The van der Waals surface area contributed by atoms with Gasteiger partial charge in [-0.05, 0) is 25.7 Å². The van der Waals surface area contributed by atoms with Crippen molar-refractivity contribution in [1.29, 1.82) is 0 Å². The van der Waals surface area contributed by atoms with Gasteiger partial charge in [0.05, 0.1) is 17.4 Å². The topological polar surface area (TPSA) is 29.5 Å². The number of nitrogens with zero attached hydrogens (tertiary/aromatic N) is 1. The number of ether oxygens (including phenoxy) is 1. The standard InChI is InChI=1S/C14H24ClNO2/c1-3-13-10(8-9-18-13)14(17)16(2)12-7-5-4-6-11(12)15/h10-13H,3-9H2,1-2H3. The summed E-state index contributed by atoms with van der Waals surface area (Å²) >= 11 is 6.37. The fraction of sp³-hybridized carbons (Fsp3) is 0.929. The first kappa shape index (κ1) is 14.1. The lowest BCUT2D eigenvalue weighted by molar-refractivity contribution is -0.138. The molecule has 18 heavy (non-hydrogen) atoms. The third-order valence-electron chi connectivity index (χ3n) is 4.42. The maximum atomic E-state index is 12.5. The first-order valence-electron chi connectivity index (χ1n) is 7.17. The number of carbonyl (C=O) groups excluding carboxylic acids is 1. The van der Waals surface area contributed by atoms with Gasteiger partial charge in [0.15, 0.2) is 0 Å². The van der Waals surface area contributed by atoms with E-state index in [0.29, 0.717) is 0 Å². The second-order valence-corrected chi connectivity index (χ2v) is 6.09. The van der Waals surface area contributed by atoms with E-state index >= 15 is 0 Å². The van der Waals surface area contributed by atoms with E-state index in [1.54, 1.807) is 0 Å². The van der Waals surface area contributed by atoms with E-state index in [1.807, 2.05) is 11.9 Å². The highest BCUT2D eigenvalue weighted by atomic mass is 35.5. The van der Waals surface area contributed by atoms with E-state index < -0.39 is 0 Å². The zero-order chi connectivity index (χ0) is 13.1. The van der Waals surface area contributed by atoms with Gasteiger partial charge in [0.1, 0.15) is 0 Å². The van der Waals surface area contributed by atoms with Gasteiger partial charge in [0.25, 0.3) is 0 Å². The Balaban J connectivity index is 1.99. The van der Waals surface area contributed by atoms with Crippen LogP contribution in [0.2, 0.25) is 0 Å². The number of alkyl halides is 1. The molecule has 0 N–H and O–H groups in total. The molecule has 1 heterocycles. The minimum Gasteiger partial charge on any atom is -0.377 e. The minimum atomic E-state index is 0.0470. The molecule has 1 saturated carbocycles. The van der Waals surface area contributed by atoms with Crippen molar-refractivity contribution in [3.63, 3.8) is 0 Å². The van der Waals surface area contributed by atoms with Crippen LogP contribution in [0.4, 0.5) is 0 Å². The summed E-state index contributed by atoms with van der Waals surface area (Å²) in [5, 5.41) is 0.120. The van der Waals surface area contributed by atoms with Crippen LogP contribution in [-0.2, 0) is 9.53 Å². The van der Waals surface area contributed by atoms with Crippen LogP contribution in [0.5, 0.6) is 0 Å². The highest BCUT2D eigenvalue weighted by Crippen LogP contribution is 2.30. The van der Waals surface area contributed by atoms with Gasteiger partial charge >= 0.3 is 0 Å². The molecule has 1 amide bonds. The van der Waals surface area contributed by atoms with E-state index in [-0.39, 0.29) is 29.3 Å². The maximum Gasteiger partial charge on any atom is 0.228 e. The fourth-order valence-corrected chi connectivity index (χ4v) is 3.71. The summed E-state index contributed by atoms with van der Waals surface area (Å²) in [5.74, 6) is 0.280. The third-order valence-corrected chi connectivity index (χ3v) is 4.93. The van der Waals surface area contributed by atoms with Crippen molar-refractivity contribution >= 4 is 17.5 Å².